The molecule has 0 aliphatic rings. The highest BCUT2D eigenvalue weighted by atomic mass is 79.9. The van der Waals surface area contributed by atoms with Crippen LogP contribution >= 0.6 is 15.9 Å². The minimum atomic E-state index is 0.454. The molecule has 0 amide bonds. The van der Waals surface area contributed by atoms with Crippen LogP contribution in [0.1, 0.15) is 20.3 Å². The zero-order chi connectivity index (χ0) is 15.1. The van der Waals surface area contributed by atoms with Crippen LogP contribution in [0.15, 0.2) is 35.1 Å². The van der Waals surface area contributed by atoms with Gasteiger partial charge >= 0.3 is 0 Å². The van der Waals surface area contributed by atoms with Crippen molar-refractivity contribution in [3.8, 4) is 17.4 Å². The Hall–Kier alpha value is -1.82. The molecule has 1 heterocycles. The molecule has 0 spiro atoms. The quantitative estimate of drug-likeness (QED) is 0.807. The Kier molecular flexibility index (Phi) is 5.80. The Bertz CT molecular complexity index is 593. The zero-order valence-corrected chi connectivity index (χ0v) is 13.7. The van der Waals surface area contributed by atoms with E-state index in [9.17, 15) is 0 Å². The maximum absolute atomic E-state index is 5.85. The summed E-state index contributed by atoms with van der Waals surface area (Å²) in [5.41, 5.74) is 0. The summed E-state index contributed by atoms with van der Waals surface area (Å²) in [7, 11) is 0. The van der Waals surface area contributed by atoms with E-state index in [1.165, 1.54) is 6.33 Å². The molecule has 6 heteroatoms. The molecule has 1 aromatic carbocycles. The largest absolute Gasteiger partial charge is 0.490 e. The number of benzene rings is 1. The fraction of sp³-hybridized carbons (Fsp3) is 0.333. The predicted octanol–water partition coefficient (Wildman–Crippen LogP) is 4.25. The van der Waals surface area contributed by atoms with Gasteiger partial charge in [0, 0.05) is 6.54 Å². The molecule has 5 nitrogen and oxygen atoms in total. The first kappa shape index (κ1) is 15.6. The summed E-state index contributed by atoms with van der Waals surface area (Å²) in [4.78, 5) is 8.36. The smallest absolute Gasteiger partial charge is 0.239 e. The number of hydrogen-bond acceptors (Lipinski definition) is 5. The van der Waals surface area contributed by atoms with Crippen molar-refractivity contribution in [3.63, 3.8) is 0 Å². The molecule has 0 bridgehead atoms. The van der Waals surface area contributed by atoms with Crippen molar-refractivity contribution in [2.24, 2.45) is 0 Å². The summed E-state index contributed by atoms with van der Waals surface area (Å²) in [6.45, 7) is 5.45. The SMILES string of the molecule is CCCNc1ncnc(Oc2ccccc2OCC)c1Br. The zero-order valence-electron chi connectivity index (χ0n) is 12.1. The molecule has 0 saturated carbocycles. The molecule has 112 valence electrons. The number of halogens is 1. The highest BCUT2D eigenvalue weighted by Gasteiger charge is 2.12. The Labute approximate surface area is 132 Å². The molecule has 0 radical (unpaired) electrons. The van der Waals surface area contributed by atoms with E-state index in [0.717, 1.165) is 18.8 Å². The average molecular weight is 352 g/mol. The van der Waals surface area contributed by atoms with Crippen LogP contribution < -0.4 is 14.8 Å². The van der Waals surface area contributed by atoms with Gasteiger partial charge in [-0.05, 0) is 41.4 Å². The van der Waals surface area contributed by atoms with Crippen molar-refractivity contribution in [1.82, 2.24) is 9.97 Å². The number of nitrogens with zero attached hydrogens (tertiary/aromatic N) is 2. The summed E-state index contributed by atoms with van der Waals surface area (Å²) in [5.74, 6) is 2.49. The van der Waals surface area contributed by atoms with Crippen LogP contribution in [0.2, 0.25) is 0 Å². The van der Waals surface area contributed by atoms with Crippen LogP contribution in [0, 0.1) is 0 Å². The van der Waals surface area contributed by atoms with E-state index in [1.807, 2.05) is 31.2 Å². The average Bonchev–Trinajstić information content (AvgIpc) is 2.50. The maximum Gasteiger partial charge on any atom is 0.239 e. The van der Waals surface area contributed by atoms with Gasteiger partial charge in [0.1, 0.15) is 16.6 Å². The number of ether oxygens (including phenoxy) is 2. The molecule has 0 unspecified atom stereocenters. The van der Waals surface area contributed by atoms with E-state index in [-0.39, 0.29) is 0 Å². The lowest BCUT2D eigenvalue weighted by atomic mass is 10.3. The highest BCUT2D eigenvalue weighted by molar-refractivity contribution is 9.10. The summed E-state index contributed by atoms with van der Waals surface area (Å²) < 4.78 is 12.1. The normalized spacial score (nSPS) is 10.2. The predicted molar refractivity (Wildman–Crippen MR) is 86.2 cm³/mol. The number of rotatable bonds is 7. The van der Waals surface area contributed by atoms with E-state index in [2.05, 4.69) is 38.1 Å². The lowest BCUT2D eigenvalue weighted by Gasteiger charge is -2.13. The molecule has 0 aliphatic carbocycles. The molecule has 1 N–H and O–H groups in total. The van der Waals surface area contributed by atoms with Gasteiger partial charge in [0.05, 0.1) is 6.61 Å². The molecule has 0 aliphatic heterocycles. The van der Waals surface area contributed by atoms with Crippen molar-refractivity contribution in [2.45, 2.75) is 20.3 Å². The van der Waals surface area contributed by atoms with Crippen LogP contribution in [-0.2, 0) is 0 Å². The summed E-state index contributed by atoms with van der Waals surface area (Å²) in [5, 5.41) is 3.22. The van der Waals surface area contributed by atoms with Crippen LogP contribution in [-0.4, -0.2) is 23.1 Å². The van der Waals surface area contributed by atoms with Crippen molar-refractivity contribution in [3.05, 3.63) is 35.1 Å². The number of aromatic nitrogens is 2. The van der Waals surface area contributed by atoms with E-state index in [4.69, 9.17) is 9.47 Å². The molecular weight excluding hydrogens is 334 g/mol. The minimum Gasteiger partial charge on any atom is -0.490 e. The van der Waals surface area contributed by atoms with Crippen LogP contribution in [0.5, 0.6) is 17.4 Å². The van der Waals surface area contributed by atoms with Gasteiger partial charge in [-0.2, -0.15) is 0 Å². The first-order chi connectivity index (χ1) is 10.3. The molecule has 0 atom stereocenters. The molecule has 1 aromatic heterocycles. The topological polar surface area (TPSA) is 56.3 Å². The molecule has 0 fully saturated rings. The van der Waals surface area contributed by atoms with Crippen LogP contribution in [0.3, 0.4) is 0 Å². The second kappa shape index (κ2) is 7.83. The third kappa shape index (κ3) is 4.07. The lowest BCUT2D eigenvalue weighted by Crippen LogP contribution is -2.04. The van der Waals surface area contributed by atoms with Gasteiger partial charge in [-0.3, -0.25) is 0 Å². The van der Waals surface area contributed by atoms with Crippen molar-refractivity contribution in [1.29, 1.82) is 0 Å². The number of nitrogens with one attached hydrogen (secondary N) is 1. The summed E-state index contributed by atoms with van der Waals surface area (Å²) >= 11 is 3.48. The van der Waals surface area contributed by atoms with Gasteiger partial charge in [-0.15, -0.1) is 0 Å². The third-order valence-corrected chi connectivity index (χ3v) is 3.37. The Morgan fingerprint density at radius 2 is 1.90 bits per heavy atom. The van der Waals surface area contributed by atoms with Gasteiger partial charge in [-0.25, -0.2) is 9.97 Å². The molecule has 2 aromatic rings. The van der Waals surface area contributed by atoms with E-state index < -0.39 is 0 Å². The van der Waals surface area contributed by atoms with Gasteiger partial charge < -0.3 is 14.8 Å². The number of hydrogen-bond donors (Lipinski definition) is 1. The van der Waals surface area contributed by atoms with Gasteiger partial charge in [0.15, 0.2) is 11.5 Å². The molecule has 0 saturated heterocycles. The highest BCUT2D eigenvalue weighted by Crippen LogP contribution is 2.35. The van der Waals surface area contributed by atoms with Crippen molar-refractivity contribution >= 4 is 21.7 Å². The van der Waals surface area contributed by atoms with Crippen molar-refractivity contribution < 1.29 is 9.47 Å². The Morgan fingerprint density at radius 3 is 2.62 bits per heavy atom. The minimum absolute atomic E-state index is 0.454. The number of anilines is 1. The molecular formula is C15H18BrN3O2. The van der Waals surface area contributed by atoms with Crippen LogP contribution in [0.4, 0.5) is 5.82 Å². The fourth-order valence-electron chi connectivity index (χ4n) is 1.70. The monoisotopic (exact) mass is 351 g/mol. The Morgan fingerprint density at radius 1 is 1.14 bits per heavy atom. The third-order valence-electron chi connectivity index (χ3n) is 2.66. The van der Waals surface area contributed by atoms with Crippen LogP contribution in [0.25, 0.3) is 0 Å². The molecule has 21 heavy (non-hydrogen) atoms. The van der Waals surface area contributed by atoms with E-state index in [1.54, 1.807) is 0 Å². The summed E-state index contributed by atoms with van der Waals surface area (Å²) in [6, 6.07) is 7.51. The van der Waals surface area contributed by atoms with Gasteiger partial charge in [-0.1, -0.05) is 19.1 Å². The second-order valence-electron chi connectivity index (χ2n) is 4.25. The second-order valence-corrected chi connectivity index (χ2v) is 5.04. The van der Waals surface area contributed by atoms with E-state index >= 15 is 0 Å². The Balaban J connectivity index is 2.23. The standard InChI is InChI=1S/C15H18BrN3O2/c1-3-9-17-14-13(16)15(19-10-18-14)21-12-8-6-5-7-11(12)20-4-2/h5-8,10H,3-4,9H2,1-2H3,(H,17,18,19). The van der Waals surface area contributed by atoms with Gasteiger partial charge in [0.25, 0.3) is 0 Å². The first-order valence-corrected chi connectivity index (χ1v) is 7.69. The first-order valence-electron chi connectivity index (χ1n) is 6.90. The van der Waals surface area contributed by atoms with Gasteiger partial charge in [0.2, 0.25) is 5.88 Å². The summed E-state index contributed by atoms with van der Waals surface area (Å²) in [6.07, 6.45) is 2.49. The van der Waals surface area contributed by atoms with Crippen molar-refractivity contribution in [2.75, 3.05) is 18.5 Å². The molecule has 2 rings (SSSR count). The maximum atomic E-state index is 5.85. The van der Waals surface area contributed by atoms with E-state index in [0.29, 0.717) is 28.5 Å². The lowest BCUT2D eigenvalue weighted by molar-refractivity contribution is 0.319. The fourth-order valence-corrected chi connectivity index (χ4v) is 2.13. The number of para-hydroxylation sites is 2.